The maximum atomic E-state index is 12.3. The average Bonchev–Trinajstić information content (AvgIpc) is 2.64. The van der Waals surface area contributed by atoms with E-state index in [1.54, 1.807) is 18.2 Å². The number of halogens is 1. The fourth-order valence-electron chi connectivity index (χ4n) is 2.65. The van der Waals surface area contributed by atoms with Crippen molar-refractivity contribution in [1.29, 1.82) is 0 Å². The van der Waals surface area contributed by atoms with Gasteiger partial charge in [-0.1, -0.05) is 17.7 Å². The monoisotopic (exact) mass is 264 g/mol. The van der Waals surface area contributed by atoms with Gasteiger partial charge >= 0.3 is 0 Å². The number of hydrogen-bond acceptors (Lipinski definition) is 3. The number of nitrogens with one attached hydrogen (secondary N) is 1. The van der Waals surface area contributed by atoms with E-state index >= 15 is 0 Å². The van der Waals surface area contributed by atoms with Crippen molar-refractivity contribution in [2.45, 2.75) is 18.9 Å². The van der Waals surface area contributed by atoms with Crippen molar-refractivity contribution < 1.29 is 9.59 Å². The number of carbonyl (C=O) groups excluding carboxylic acids is 2. The quantitative estimate of drug-likeness (QED) is 0.786. The number of imide groups is 1. The van der Waals surface area contributed by atoms with Crippen LogP contribution >= 0.6 is 11.6 Å². The molecule has 2 heterocycles. The predicted octanol–water partition coefficient (Wildman–Crippen LogP) is 1.69. The molecule has 1 aromatic rings. The van der Waals surface area contributed by atoms with Gasteiger partial charge in [0.25, 0.3) is 11.8 Å². The van der Waals surface area contributed by atoms with Gasteiger partial charge in [-0.15, -0.1) is 0 Å². The summed E-state index contributed by atoms with van der Waals surface area (Å²) >= 11 is 6.02. The van der Waals surface area contributed by atoms with Crippen LogP contribution in [0.1, 0.15) is 33.6 Å². The third-order valence-electron chi connectivity index (χ3n) is 3.53. The van der Waals surface area contributed by atoms with E-state index in [0.29, 0.717) is 22.7 Å². The maximum absolute atomic E-state index is 12.3. The Hall–Kier alpha value is -1.39. The smallest absolute Gasteiger partial charge is 0.263 e. The molecular formula is C13H13ClN2O2. The van der Waals surface area contributed by atoms with Crippen LogP contribution in [0, 0.1) is 0 Å². The van der Waals surface area contributed by atoms with Gasteiger partial charge in [0.1, 0.15) is 0 Å². The Balaban J connectivity index is 1.99. The first kappa shape index (κ1) is 11.7. The fourth-order valence-corrected chi connectivity index (χ4v) is 2.90. The van der Waals surface area contributed by atoms with Crippen LogP contribution in [-0.2, 0) is 0 Å². The Labute approximate surface area is 110 Å². The summed E-state index contributed by atoms with van der Waals surface area (Å²) in [4.78, 5) is 26.0. The highest BCUT2D eigenvalue weighted by Crippen LogP contribution is 2.31. The first-order valence-electron chi connectivity index (χ1n) is 6.07. The average molecular weight is 265 g/mol. The molecule has 1 unspecified atom stereocenters. The lowest BCUT2D eigenvalue weighted by atomic mass is 10.1. The van der Waals surface area contributed by atoms with E-state index in [9.17, 15) is 9.59 Å². The minimum atomic E-state index is -0.255. The van der Waals surface area contributed by atoms with Gasteiger partial charge in [0.2, 0.25) is 0 Å². The van der Waals surface area contributed by atoms with Gasteiger partial charge in [0.15, 0.2) is 0 Å². The van der Waals surface area contributed by atoms with Gasteiger partial charge in [-0.2, -0.15) is 0 Å². The molecule has 0 spiro atoms. The SMILES string of the molecule is O=C1c2cccc(Cl)c2C(=O)N1C1CCCNC1. The third kappa shape index (κ3) is 1.64. The second-order valence-electron chi connectivity index (χ2n) is 4.64. The van der Waals surface area contributed by atoms with Crippen LogP contribution in [0.25, 0.3) is 0 Å². The van der Waals surface area contributed by atoms with Gasteiger partial charge < -0.3 is 5.32 Å². The van der Waals surface area contributed by atoms with Crippen LogP contribution in [0.4, 0.5) is 0 Å². The van der Waals surface area contributed by atoms with Crippen LogP contribution in [0.15, 0.2) is 18.2 Å². The number of rotatable bonds is 1. The zero-order valence-electron chi connectivity index (χ0n) is 9.78. The number of piperidine rings is 1. The molecule has 1 saturated heterocycles. The molecule has 1 atom stereocenters. The summed E-state index contributed by atoms with van der Waals surface area (Å²) in [6, 6.07) is 4.96. The van der Waals surface area contributed by atoms with Gasteiger partial charge in [-0.3, -0.25) is 14.5 Å². The lowest BCUT2D eigenvalue weighted by Crippen LogP contribution is -2.48. The first-order valence-corrected chi connectivity index (χ1v) is 6.45. The summed E-state index contributed by atoms with van der Waals surface area (Å²) in [6.07, 6.45) is 1.84. The van der Waals surface area contributed by atoms with Crippen molar-refractivity contribution in [1.82, 2.24) is 10.2 Å². The number of hydrogen-bond donors (Lipinski definition) is 1. The van der Waals surface area contributed by atoms with E-state index in [-0.39, 0.29) is 17.9 Å². The van der Waals surface area contributed by atoms with Gasteiger partial charge in [0, 0.05) is 6.54 Å². The maximum Gasteiger partial charge on any atom is 0.263 e. The van der Waals surface area contributed by atoms with Crippen molar-refractivity contribution in [2.75, 3.05) is 13.1 Å². The van der Waals surface area contributed by atoms with Crippen LogP contribution in [0.3, 0.4) is 0 Å². The third-order valence-corrected chi connectivity index (χ3v) is 3.85. The van der Waals surface area contributed by atoms with Gasteiger partial charge in [-0.25, -0.2) is 0 Å². The van der Waals surface area contributed by atoms with Crippen molar-refractivity contribution in [3.05, 3.63) is 34.3 Å². The minimum Gasteiger partial charge on any atom is -0.315 e. The fraction of sp³-hybridized carbons (Fsp3) is 0.385. The Morgan fingerprint density at radius 2 is 2.11 bits per heavy atom. The van der Waals surface area contributed by atoms with Crippen molar-refractivity contribution in [3.63, 3.8) is 0 Å². The zero-order valence-corrected chi connectivity index (χ0v) is 10.5. The standard InChI is InChI=1S/C13H13ClN2O2/c14-10-5-1-4-9-11(10)13(18)16(12(9)17)8-3-2-6-15-7-8/h1,4-5,8,15H,2-3,6-7H2. The Kier molecular flexibility index (Phi) is 2.84. The van der Waals surface area contributed by atoms with Crippen LogP contribution < -0.4 is 5.32 Å². The van der Waals surface area contributed by atoms with E-state index in [1.165, 1.54) is 4.90 Å². The lowest BCUT2D eigenvalue weighted by Gasteiger charge is -2.29. The summed E-state index contributed by atoms with van der Waals surface area (Å²) in [6.45, 7) is 1.61. The van der Waals surface area contributed by atoms with E-state index in [0.717, 1.165) is 19.4 Å². The molecular weight excluding hydrogens is 252 g/mol. The predicted molar refractivity (Wildman–Crippen MR) is 67.8 cm³/mol. The molecule has 1 aromatic carbocycles. The molecule has 4 nitrogen and oxygen atoms in total. The van der Waals surface area contributed by atoms with E-state index < -0.39 is 0 Å². The molecule has 0 radical (unpaired) electrons. The van der Waals surface area contributed by atoms with Gasteiger partial charge in [0.05, 0.1) is 22.2 Å². The minimum absolute atomic E-state index is 0.0535. The molecule has 2 aliphatic rings. The number of carbonyl (C=O) groups is 2. The molecule has 2 aliphatic heterocycles. The zero-order chi connectivity index (χ0) is 12.7. The first-order chi connectivity index (χ1) is 8.70. The van der Waals surface area contributed by atoms with E-state index in [4.69, 9.17) is 11.6 Å². The number of benzene rings is 1. The summed E-state index contributed by atoms with van der Waals surface area (Å²) in [7, 11) is 0. The number of fused-ring (bicyclic) bond motifs is 1. The van der Waals surface area contributed by atoms with Crippen molar-refractivity contribution in [3.8, 4) is 0 Å². The number of nitrogens with zero attached hydrogens (tertiary/aromatic N) is 1. The highest BCUT2D eigenvalue weighted by molar-refractivity contribution is 6.37. The summed E-state index contributed by atoms with van der Waals surface area (Å²) in [5.74, 6) is -0.472. The van der Waals surface area contributed by atoms with E-state index in [1.807, 2.05) is 0 Å². The van der Waals surface area contributed by atoms with Gasteiger partial charge in [-0.05, 0) is 31.5 Å². The van der Waals surface area contributed by atoms with Crippen LogP contribution in [0.2, 0.25) is 5.02 Å². The molecule has 18 heavy (non-hydrogen) atoms. The second-order valence-corrected chi connectivity index (χ2v) is 5.05. The van der Waals surface area contributed by atoms with E-state index in [2.05, 4.69) is 5.32 Å². The molecule has 1 fully saturated rings. The Bertz CT molecular complexity index is 524. The highest BCUT2D eigenvalue weighted by atomic mass is 35.5. The summed E-state index contributed by atoms with van der Waals surface area (Å²) in [5, 5.41) is 3.57. The molecule has 3 rings (SSSR count). The molecule has 94 valence electrons. The summed E-state index contributed by atoms with van der Waals surface area (Å²) < 4.78 is 0. The molecule has 1 N–H and O–H groups in total. The molecule has 2 amide bonds. The summed E-state index contributed by atoms with van der Waals surface area (Å²) in [5.41, 5.74) is 0.785. The molecule has 5 heteroatoms. The molecule has 0 aromatic heterocycles. The van der Waals surface area contributed by atoms with Crippen LogP contribution in [-0.4, -0.2) is 35.8 Å². The molecule has 0 bridgehead atoms. The Morgan fingerprint density at radius 1 is 1.28 bits per heavy atom. The van der Waals surface area contributed by atoms with Crippen molar-refractivity contribution in [2.24, 2.45) is 0 Å². The highest BCUT2D eigenvalue weighted by Gasteiger charge is 2.41. The van der Waals surface area contributed by atoms with Crippen molar-refractivity contribution >= 4 is 23.4 Å². The van der Waals surface area contributed by atoms with Crippen LogP contribution in [0.5, 0.6) is 0 Å². The topological polar surface area (TPSA) is 49.4 Å². The largest absolute Gasteiger partial charge is 0.315 e. The Morgan fingerprint density at radius 3 is 2.78 bits per heavy atom. The molecule has 0 saturated carbocycles. The normalized spacial score (nSPS) is 23.4. The lowest BCUT2D eigenvalue weighted by molar-refractivity contribution is 0.0561. The number of amides is 2. The molecule has 0 aliphatic carbocycles. The second kappa shape index (κ2) is 4.37.